The molecule has 20 heavy (non-hydrogen) atoms. The fourth-order valence-corrected chi connectivity index (χ4v) is 2.92. The van der Waals surface area contributed by atoms with Gasteiger partial charge in [0, 0.05) is 12.4 Å². The van der Waals surface area contributed by atoms with Crippen molar-refractivity contribution < 1.29 is 4.79 Å². The van der Waals surface area contributed by atoms with Crippen LogP contribution in [0.25, 0.3) is 10.8 Å². The van der Waals surface area contributed by atoms with E-state index in [1.54, 1.807) is 4.90 Å². The van der Waals surface area contributed by atoms with Crippen molar-refractivity contribution >= 4 is 22.4 Å². The van der Waals surface area contributed by atoms with Crippen LogP contribution in [0.1, 0.15) is 19.3 Å². The number of rotatable bonds is 2. The number of nitrogens with zero attached hydrogens (tertiary/aromatic N) is 1. The molecule has 104 valence electrons. The Morgan fingerprint density at radius 2 is 1.95 bits per heavy atom. The third-order valence-electron chi connectivity index (χ3n) is 4.07. The maximum absolute atomic E-state index is 12.6. The lowest BCUT2D eigenvalue weighted by Crippen LogP contribution is -2.47. The van der Waals surface area contributed by atoms with E-state index in [1.165, 1.54) is 11.8 Å². The van der Waals surface area contributed by atoms with Crippen LogP contribution < -0.4 is 10.2 Å². The molecule has 3 nitrogen and oxygen atoms in total. The highest BCUT2D eigenvalue weighted by atomic mass is 16.2. The lowest BCUT2D eigenvalue weighted by Gasteiger charge is -2.28. The number of likely N-dealkylation sites (N-methyl/N-ethyl adjacent to an activating group) is 1. The maximum Gasteiger partial charge on any atom is 0.243 e. The first-order valence-corrected chi connectivity index (χ1v) is 7.26. The summed E-state index contributed by atoms with van der Waals surface area (Å²) in [6.07, 6.45) is 3.24. The molecule has 3 rings (SSSR count). The van der Waals surface area contributed by atoms with Crippen LogP contribution in [-0.4, -0.2) is 25.5 Å². The minimum absolute atomic E-state index is 0.0345. The first kappa shape index (κ1) is 13.1. The van der Waals surface area contributed by atoms with Crippen molar-refractivity contribution in [2.45, 2.75) is 25.3 Å². The predicted octanol–water partition coefficient (Wildman–Crippen LogP) is 2.94. The SMILES string of the molecule is CN(C(=O)C1CCCCN1)c1cccc2ccccc12. The summed E-state index contributed by atoms with van der Waals surface area (Å²) in [5, 5.41) is 5.62. The summed E-state index contributed by atoms with van der Waals surface area (Å²) in [4.78, 5) is 14.4. The average molecular weight is 268 g/mol. The molecule has 1 atom stereocenters. The Kier molecular flexibility index (Phi) is 3.70. The fourth-order valence-electron chi connectivity index (χ4n) is 2.92. The van der Waals surface area contributed by atoms with Crippen LogP contribution in [0.15, 0.2) is 42.5 Å². The first-order valence-electron chi connectivity index (χ1n) is 7.26. The smallest absolute Gasteiger partial charge is 0.243 e. The van der Waals surface area contributed by atoms with Crippen molar-refractivity contribution in [2.75, 3.05) is 18.5 Å². The molecule has 0 saturated carbocycles. The van der Waals surface area contributed by atoms with Crippen LogP contribution in [0.4, 0.5) is 5.69 Å². The molecule has 1 unspecified atom stereocenters. The number of nitrogens with one attached hydrogen (secondary N) is 1. The second-order valence-corrected chi connectivity index (χ2v) is 5.40. The summed E-state index contributed by atoms with van der Waals surface area (Å²) >= 11 is 0. The molecule has 0 radical (unpaired) electrons. The Morgan fingerprint density at radius 1 is 1.15 bits per heavy atom. The van der Waals surface area contributed by atoms with E-state index in [9.17, 15) is 4.79 Å². The minimum atomic E-state index is -0.0345. The molecule has 1 aliphatic heterocycles. The van der Waals surface area contributed by atoms with Gasteiger partial charge < -0.3 is 10.2 Å². The van der Waals surface area contributed by atoms with Crippen LogP contribution in [-0.2, 0) is 4.79 Å². The zero-order chi connectivity index (χ0) is 13.9. The summed E-state index contributed by atoms with van der Waals surface area (Å²) in [7, 11) is 1.88. The zero-order valence-corrected chi connectivity index (χ0v) is 11.8. The van der Waals surface area contributed by atoms with Crippen LogP contribution in [0.2, 0.25) is 0 Å². The third-order valence-corrected chi connectivity index (χ3v) is 4.07. The van der Waals surface area contributed by atoms with E-state index in [1.807, 2.05) is 31.3 Å². The molecule has 2 aromatic rings. The maximum atomic E-state index is 12.6. The Hall–Kier alpha value is -1.87. The summed E-state index contributed by atoms with van der Waals surface area (Å²) < 4.78 is 0. The van der Waals surface area contributed by atoms with Gasteiger partial charge in [0.1, 0.15) is 0 Å². The van der Waals surface area contributed by atoms with E-state index in [2.05, 4.69) is 23.5 Å². The zero-order valence-electron chi connectivity index (χ0n) is 11.8. The summed E-state index contributed by atoms with van der Waals surface area (Å²) in [6, 6.07) is 14.3. The van der Waals surface area contributed by atoms with E-state index >= 15 is 0 Å². The predicted molar refractivity (Wildman–Crippen MR) is 83.0 cm³/mol. The Labute approximate surface area is 119 Å². The van der Waals surface area contributed by atoms with Gasteiger partial charge in [-0.25, -0.2) is 0 Å². The van der Waals surface area contributed by atoms with Gasteiger partial charge in [0.05, 0.1) is 11.7 Å². The molecule has 1 amide bonds. The Balaban J connectivity index is 1.91. The number of piperidine rings is 1. The monoisotopic (exact) mass is 268 g/mol. The van der Waals surface area contributed by atoms with Gasteiger partial charge >= 0.3 is 0 Å². The van der Waals surface area contributed by atoms with Gasteiger partial charge in [-0.15, -0.1) is 0 Å². The molecule has 1 saturated heterocycles. The van der Waals surface area contributed by atoms with Gasteiger partial charge in [-0.3, -0.25) is 4.79 Å². The highest BCUT2D eigenvalue weighted by Crippen LogP contribution is 2.26. The molecule has 1 aliphatic rings. The van der Waals surface area contributed by atoms with E-state index in [0.717, 1.165) is 30.5 Å². The first-order chi connectivity index (χ1) is 9.77. The Bertz CT molecular complexity index is 612. The largest absolute Gasteiger partial charge is 0.314 e. The van der Waals surface area contributed by atoms with Crippen molar-refractivity contribution in [1.29, 1.82) is 0 Å². The van der Waals surface area contributed by atoms with Crippen molar-refractivity contribution in [3.8, 4) is 0 Å². The second-order valence-electron chi connectivity index (χ2n) is 5.40. The summed E-state index contributed by atoms with van der Waals surface area (Å²) in [5.74, 6) is 0.168. The molecule has 0 spiro atoms. The minimum Gasteiger partial charge on any atom is -0.314 e. The summed E-state index contributed by atoms with van der Waals surface area (Å²) in [5.41, 5.74) is 0.987. The molecule has 0 bridgehead atoms. The molecule has 0 aliphatic carbocycles. The van der Waals surface area contributed by atoms with Gasteiger partial charge in [0.25, 0.3) is 0 Å². The van der Waals surface area contributed by atoms with Gasteiger partial charge in [-0.05, 0) is 30.8 Å². The lowest BCUT2D eigenvalue weighted by atomic mass is 10.0. The van der Waals surface area contributed by atoms with E-state index < -0.39 is 0 Å². The molecule has 2 aromatic carbocycles. The van der Waals surface area contributed by atoms with Gasteiger partial charge in [-0.2, -0.15) is 0 Å². The van der Waals surface area contributed by atoms with E-state index in [4.69, 9.17) is 0 Å². The molecule has 1 heterocycles. The average Bonchev–Trinajstić information content (AvgIpc) is 2.54. The Morgan fingerprint density at radius 3 is 2.75 bits per heavy atom. The highest BCUT2D eigenvalue weighted by Gasteiger charge is 2.24. The summed E-state index contributed by atoms with van der Waals surface area (Å²) in [6.45, 7) is 0.944. The molecule has 1 N–H and O–H groups in total. The number of fused-ring (bicyclic) bond motifs is 1. The molecule has 0 aromatic heterocycles. The fraction of sp³-hybridized carbons (Fsp3) is 0.353. The van der Waals surface area contributed by atoms with E-state index in [-0.39, 0.29) is 11.9 Å². The molecule has 1 fully saturated rings. The molecule has 3 heteroatoms. The van der Waals surface area contributed by atoms with Crippen molar-refractivity contribution in [3.05, 3.63) is 42.5 Å². The van der Waals surface area contributed by atoms with Gasteiger partial charge in [-0.1, -0.05) is 42.8 Å². The molecular weight excluding hydrogens is 248 g/mol. The number of amides is 1. The van der Waals surface area contributed by atoms with Crippen LogP contribution >= 0.6 is 0 Å². The quantitative estimate of drug-likeness (QED) is 0.908. The lowest BCUT2D eigenvalue weighted by molar-refractivity contribution is -0.120. The number of anilines is 1. The normalized spacial score (nSPS) is 18.9. The number of carbonyl (C=O) groups excluding carboxylic acids is 1. The van der Waals surface area contributed by atoms with Crippen molar-refractivity contribution in [3.63, 3.8) is 0 Å². The van der Waals surface area contributed by atoms with Crippen molar-refractivity contribution in [1.82, 2.24) is 5.32 Å². The van der Waals surface area contributed by atoms with Crippen LogP contribution in [0.5, 0.6) is 0 Å². The number of hydrogen-bond donors (Lipinski definition) is 1. The van der Waals surface area contributed by atoms with Gasteiger partial charge in [0.15, 0.2) is 0 Å². The molecular formula is C17H20N2O. The number of benzene rings is 2. The second kappa shape index (κ2) is 5.63. The standard InChI is InChI=1S/C17H20N2O/c1-19(17(20)15-10-4-5-12-18-15)16-11-6-8-13-7-2-3-9-14(13)16/h2-3,6-9,11,15,18H,4-5,10,12H2,1H3. The topological polar surface area (TPSA) is 32.3 Å². The van der Waals surface area contributed by atoms with Crippen LogP contribution in [0.3, 0.4) is 0 Å². The van der Waals surface area contributed by atoms with E-state index in [0.29, 0.717) is 0 Å². The van der Waals surface area contributed by atoms with Gasteiger partial charge in [0.2, 0.25) is 5.91 Å². The van der Waals surface area contributed by atoms with Crippen molar-refractivity contribution in [2.24, 2.45) is 0 Å². The third kappa shape index (κ3) is 2.41. The number of hydrogen-bond acceptors (Lipinski definition) is 2. The number of carbonyl (C=O) groups is 1. The van der Waals surface area contributed by atoms with Crippen LogP contribution in [0, 0.1) is 0 Å². The highest BCUT2D eigenvalue weighted by molar-refractivity contribution is 6.05.